The van der Waals surface area contributed by atoms with E-state index < -0.39 is 35.2 Å². The van der Waals surface area contributed by atoms with Gasteiger partial charge in [-0.2, -0.15) is 13.2 Å². The van der Waals surface area contributed by atoms with Crippen LogP contribution in [0.1, 0.15) is 12.0 Å². The molecule has 2 aromatic carbocycles. The minimum absolute atomic E-state index is 0.0695. The maximum Gasteiger partial charge on any atom is 0.417 e. The Bertz CT molecular complexity index is 1090. The summed E-state index contributed by atoms with van der Waals surface area (Å²) in [7, 11) is 0. The summed E-state index contributed by atoms with van der Waals surface area (Å²) >= 11 is 5.57. The van der Waals surface area contributed by atoms with E-state index in [1.54, 1.807) is 30.3 Å². The Morgan fingerprint density at radius 3 is 2.56 bits per heavy atom. The van der Waals surface area contributed by atoms with E-state index in [1.165, 1.54) is 11.0 Å². The zero-order valence-electron chi connectivity index (χ0n) is 17.8. The van der Waals surface area contributed by atoms with Crippen molar-refractivity contribution in [2.45, 2.75) is 12.6 Å². The predicted molar refractivity (Wildman–Crippen MR) is 121 cm³/mol. The molecule has 2 aromatic rings. The molecule has 1 heterocycles. The SMILES string of the molecule is C=CCNC(=O)[C@H]1CC(=O)N(c2ccc(OCC(=O)Nc3ccc(Cl)c(C(F)(F)F)c3)cc2)C1. The summed E-state index contributed by atoms with van der Waals surface area (Å²) in [6, 6.07) is 9.37. The number of hydrogen-bond acceptors (Lipinski definition) is 4. The lowest BCUT2D eigenvalue weighted by atomic mass is 10.1. The monoisotopic (exact) mass is 495 g/mol. The van der Waals surface area contributed by atoms with E-state index in [2.05, 4.69) is 17.2 Å². The molecule has 0 radical (unpaired) electrons. The summed E-state index contributed by atoms with van der Waals surface area (Å²) < 4.78 is 44.2. The molecule has 180 valence electrons. The molecular formula is C23H21ClF3N3O4. The third-order valence-corrected chi connectivity index (χ3v) is 5.32. The van der Waals surface area contributed by atoms with Crippen molar-refractivity contribution in [1.82, 2.24) is 5.32 Å². The minimum atomic E-state index is -4.65. The van der Waals surface area contributed by atoms with Gasteiger partial charge in [0.2, 0.25) is 11.8 Å². The van der Waals surface area contributed by atoms with Crippen LogP contribution in [0.3, 0.4) is 0 Å². The molecule has 1 saturated heterocycles. The Morgan fingerprint density at radius 2 is 1.91 bits per heavy atom. The van der Waals surface area contributed by atoms with Crippen molar-refractivity contribution in [1.29, 1.82) is 0 Å². The second-order valence-corrected chi connectivity index (χ2v) is 7.87. The molecule has 2 N–H and O–H groups in total. The second kappa shape index (κ2) is 10.6. The number of carbonyl (C=O) groups is 3. The quantitative estimate of drug-likeness (QED) is 0.541. The van der Waals surface area contributed by atoms with Gasteiger partial charge < -0.3 is 20.3 Å². The fourth-order valence-corrected chi connectivity index (χ4v) is 3.56. The van der Waals surface area contributed by atoms with Gasteiger partial charge >= 0.3 is 6.18 Å². The van der Waals surface area contributed by atoms with E-state index in [9.17, 15) is 27.6 Å². The summed E-state index contributed by atoms with van der Waals surface area (Å²) in [5.41, 5.74) is -0.554. The van der Waals surface area contributed by atoms with Crippen molar-refractivity contribution >= 4 is 40.7 Å². The van der Waals surface area contributed by atoms with Crippen LogP contribution in [0.2, 0.25) is 5.02 Å². The van der Waals surface area contributed by atoms with Crippen LogP contribution >= 0.6 is 11.6 Å². The van der Waals surface area contributed by atoms with Crippen LogP contribution in [-0.2, 0) is 20.6 Å². The Morgan fingerprint density at radius 1 is 1.21 bits per heavy atom. The molecule has 0 bridgehead atoms. The first kappa shape index (κ1) is 25.1. The van der Waals surface area contributed by atoms with Gasteiger partial charge in [0.15, 0.2) is 6.61 Å². The molecule has 1 aliphatic heterocycles. The first-order valence-corrected chi connectivity index (χ1v) is 10.5. The highest BCUT2D eigenvalue weighted by Crippen LogP contribution is 2.36. The van der Waals surface area contributed by atoms with Gasteiger partial charge in [-0.15, -0.1) is 6.58 Å². The van der Waals surface area contributed by atoms with E-state index in [4.69, 9.17) is 16.3 Å². The smallest absolute Gasteiger partial charge is 0.417 e. The van der Waals surface area contributed by atoms with E-state index in [0.29, 0.717) is 18.0 Å². The third kappa shape index (κ3) is 6.28. The highest BCUT2D eigenvalue weighted by molar-refractivity contribution is 6.31. The Labute approximate surface area is 198 Å². The summed E-state index contributed by atoms with van der Waals surface area (Å²) in [6.45, 7) is 3.65. The lowest BCUT2D eigenvalue weighted by Gasteiger charge is -2.17. The van der Waals surface area contributed by atoms with E-state index >= 15 is 0 Å². The van der Waals surface area contributed by atoms with Crippen molar-refractivity contribution in [2.24, 2.45) is 5.92 Å². The van der Waals surface area contributed by atoms with Gasteiger partial charge in [-0.05, 0) is 42.5 Å². The summed E-state index contributed by atoms with van der Waals surface area (Å²) in [6.07, 6.45) is -3.00. The van der Waals surface area contributed by atoms with Crippen LogP contribution in [0.5, 0.6) is 5.75 Å². The average molecular weight is 496 g/mol. The zero-order chi connectivity index (χ0) is 24.9. The molecule has 0 aromatic heterocycles. The number of amides is 3. The van der Waals surface area contributed by atoms with Crippen molar-refractivity contribution < 1.29 is 32.3 Å². The van der Waals surface area contributed by atoms with Crippen LogP contribution in [0.25, 0.3) is 0 Å². The number of anilines is 2. The van der Waals surface area contributed by atoms with Crippen molar-refractivity contribution in [3.8, 4) is 5.75 Å². The number of halogens is 4. The molecule has 0 aliphatic carbocycles. The Hall–Kier alpha value is -3.53. The van der Waals surface area contributed by atoms with Crippen LogP contribution in [-0.4, -0.2) is 37.4 Å². The maximum atomic E-state index is 12.9. The van der Waals surface area contributed by atoms with Gasteiger partial charge in [0.05, 0.1) is 16.5 Å². The first-order valence-electron chi connectivity index (χ1n) is 10.2. The van der Waals surface area contributed by atoms with Crippen LogP contribution in [0.4, 0.5) is 24.5 Å². The molecule has 0 saturated carbocycles. The van der Waals surface area contributed by atoms with Gasteiger partial charge in [-0.3, -0.25) is 14.4 Å². The summed E-state index contributed by atoms with van der Waals surface area (Å²) in [5.74, 6) is -1.21. The molecule has 3 amide bonds. The van der Waals surface area contributed by atoms with Gasteiger partial charge in [-0.1, -0.05) is 17.7 Å². The number of ether oxygens (including phenoxy) is 1. The van der Waals surface area contributed by atoms with Gasteiger partial charge in [0.1, 0.15) is 5.75 Å². The number of rotatable bonds is 8. The number of carbonyl (C=O) groups excluding carboxylic acids is 3. The number of alkyl halides is 3. The fraction of sp³-hybridized carbons (Fsp3) is 0.261. The van der Waals surface area contributed by atoms with Crippen molar-refractivity contribution in [2.75, 3.05) is 29.9 Å². The molecule has 0 spiro atoms. The zero-order valence-corrected chi connectivity index (χ0v) is 18.6. The number of hydrogen-bond donors (Lipinski definition) is 2. The number of benzene rings is 2. The molecule has 1 fully saturated rings. The molecule has 1 atom stereocenters. The molecule has 34 heavy (non-hydrogen) atoms. The highest BCUT2D eigenvalue weighted by Gasteiger charge is 2.35. The minimum Gasteiger partial charge on any atom is -0.484 e. The third-order valence-electron chi connectivity index (χ3n) is 4.99. The lowest BCUT2D eigenvalue weighted by Crippen LogP contribution is -2.32. The van der Waals surface area contributed by atoms with Crippen molar-refractivity contribution in [3.63, 3.8) is 0 Å². The van der Waals surface area contributed by atoms with Crippen LogP contribution in [0, 0.1) is 5.92 Å². The normalized spacial score (nSPS) is 15.7. The molecule has 11 heteroatoms. The topological polar surface area (TPSA) is 87.7 Å². The summed E-state index contributed by atoms with van der Waals surface area (Å²) in [5, 5.41) is 4.53. The second-order valence-electron chi connectivity index (χ2n) is 7.46. The largest absolute Gasteiger partial charge is 0.484 e. The summed E-state index contributed by atoms with van der Waals surface area (Å²) in [4.78, 5) is 38.0. The molecule has 0 unspecified atom stereocenters. The highest BCUT2D eigenvalue weighted by atomic mass is 35.5. The molecule has 1 aliphatic rings. The Balaban J connectivity index is 1.54. The molecule has 7 nitrogen and oxygen atoms in total. The number of nitrogens with zero attached hydrogens (tertiary/aromatic N) is 1. The molecule has 3 rings (SSSR count). The van der Waals surface area contributed by atoms with Gasteiger partial charge in [0, 0.05) is 30.9 Å². The van der Waals surface area contributed by atoms with Crippen LogP contribution in [0.15, 0.2) is 55.1 Å². The average Bonchev–Trinajstić information content (AvgIpc) is 3.18. The van der Waals surface area contributed by atoms with E-state index in [1.807, 2.05) is 0 Å². The maximum absolute atomic E-state index is 12.9. The van der Waals surface area contributed by atoms with Crippen molar-refractivity contribution in [3.05, 3.63) is 65.7 Å². The predicted octanol–water partition coefficient (Wildman–Crippen LogP) is 4.03. The number of nitrogens with one attached hydrogen (secondary N) is 2. The first-order chi connectivity index (χ1) is 16.1. The van der Waals surface area contributed by atoms with E-state index in [0.717, 1.165) is 12.1 Å². The van der Waals surface area contributed by atoms with Gasteiger partial charge in [0.25, 0.3) is 5.91 Å². The molecular weight excluding hydrogens is 475 g/mol. The van der Waals surface area contributed by atoms with Crippen LogP contribution < -0.4 is 20.3 Å². The fourth-order valence-electron chi connectivity index (χ4n) is 3.34. The lowest BCUT2D eigenvalue weighted by molar-refractivity contribution is -0.137. The Kier molecular flexibility index (Phi) is 7.83. The standard InChI is InChI=1S/C23H21ClF3N3O4/c1-2-9-28-22(33)14-10-21(32)30(12-14)16-4-6-17(7-5-16)34-13-20(31)29-15-3-8-19(24)18(11-15)23(25,26)27/h2-8,11,14H,1,9-10,12-13H2,(H,28,33)(H,29,31)/t14-/m0/s1. The van der Waals surface area contributed by atoms with E-state index in [-0.39, 0.29) is 30.5 Å². The van der Waals surface area contributed by atoms with Gasteiger partial charge in [-0.25, -0.2) is 0 Å².